The van der Waals surface area contributed by atoms with Crippen LogP contribution in [0.3, 0.4) is 0 Å². The Morgan fingerprint density at radius 1 is 1.18 bits per heavy atom. The van der Waals surface area contributed by atoms with Gasteiger partial charge in [0.1, 0.15) is 0 Å². The van der Waals surface area contributed by atoms with Crippen molar-refractivity contribution in [2.45, 2.75) is 31.3 Å². The molecule has 2 aliphatic rings. The van der Waals surface area contributed by atoms with Crippen molar-refractivity contribution in [2.24, 2.45) is 0 Å². The molecule has 0 saturated heterocycles. The molecule has 1 aromatic rings. The van der Waals surface area contributed by atoms with Crippen molar-refractivity contribution in [1.29, 1.82) is 0 Å². The van der Waals surface area contributed by atoms with E-state index in [0.29, 0.717) is 19.6 Å². The molecular formula is C13H15BrO3. The van der Waals surface area contributed by atoms with E-state index in [1.54, 1.807) is 0 Å². The standard InChI is InChI=1S/C13H15BrO3/c14-10-3-2-9(8-13(15)4-5-13)11-12(10)17-7-1-6-16-11/h2-3,15H,1,4-8H2. The number of fused-ring (bicyclic) bond motifs is 1. The molecule has 1 aromatic carbocycles. The van der Waals surface area contributed by atoms with E-state index >= 15 is 0 Å². The number of rotatable bonds is 2. The van der Waals surface area contributed by atoms with E-state index in [-0.39, 0.29) is 0 Å². The number of hydrogen-bond donors (Lipinski definition) is 1. The van der Waals surface area contributed by atoms with Crippen molar-refractivity contribution in [3.8, 4) is 11.5 Å². The van der Waals surface area contributed by atoms with Gasteiger partial charge in [-0.05, 0) is 34.8 Å². The Kier molecular flexibility index (Phi) is 2.79. The lowest BCUT2D eigenvalue weighted by molar-refractivity contribution is 0.149. The zero-order valence-corrected chi connectivity index (χ0v) is 11.1. The highest BCUT2D eigenvalue weighted by Gasteiger charge is 2.41. The molecule has 92 valence electrons. The van der Waals surface area contributed by atoms with Gasteiger partial charge in [0.15, 0.2) is 11.5 Å². The Hall–Kier alpha value is -0.740. The summed E-state index contributed by atoms with van der Waals surface area (Å²) in [7, 11) is 0. The third-order valence-corrected chi connectivity index (χ3v) is 3.90. The van der Waals surface area contributed by atoms with Crippen molar-refractivity contribution in [2.75, 3.05) is 13.2 Å². The van der Waals surface area contributed by atoms with E-state index < -0.39 is 5.60 Å². The second-order valence-corrected chi connectivity index (χ2v) is 5.67. The molecule has 0 radical (unpaired) electrons. The first kappa shape index (κ1) is 11.4. The summed E-state index contributed by atoms with van der Waals surface area (Å²) < 4.78 is 12.4. The van der Waals surface area contributed by atoms with Crippen LogP contribution in [0, 0.1) is 0 Å². The SMILES string of the molecule is OC1(Cc2ccc(Br)c3c2OCCCO3)CC1. The second kappa shape index (κ2) is 4.18. The molecule has 17 heavy (non-hydrogen) atoms. The van der Waals surface area contributed by atoms with Crippen LogP contribution >= 0.6 is 15.9 Å². The summed E-state index contributed by atoms with van der Waals surface area (Å²) in [6.07, 6.45) is 3.33. The summed E-state index contributed by atoms with van der Waals surface area (Å²) in [5.74, 6) is 1.58. The minimum atomic E-state index is -0.503. The monoisotopic (exact) mass is 298 g/mol. The average Bonchev–Trinajstić information content (AvgIpc) is 3.06. The minimum absolute atomic E-state index is 0.503. The van der Waals surface area contributed by atoms with Gasteiger partial charge in [-0.3, -0.25) is 0 Å². The van der Waals surface area contributed by atoms with Gasteiger partial charge >= 0.3 is 0 Å². The predicted molar refractivity (Wildman–Crippen MR) is 67.6 cm³/mol. The first-order chi connectivity index (χ1) is 8.18. The lowest BCUT2D eigenvalue weighted by Gasteiger charge is -2.16. The Morgan fingerprint density at radius 3 is 2.59 bits per heavy atom. The maximum Gasteiger partial charge on any atom is 0.175 e. The van der Waals surface area contributed by atoms with Crippen molar-refractivity contribution >= 4 is 15.9 Å². The summed E-state index contributed by atoms with van der Waals surface area (Å²) in [5, 5.41) is 10.0. The molecule has 1 aliphatic carbocycles. The summed E-state index contributed by atoms with van der Waals surface area (Å²) in [6.45, 7) is 1.36. The topological polar surface area (TPSA) is 38.7 Å². The number of benzene rings is 1. The molecule has 1 fully saturated rings. The molecule has 0 bridgehead atoms. The summed E-state index contributed by atoms with van der Waals surface area (Å²) in [6, 6.07) is 3.97. The fourth-order valence-corrected chi connectivity index (χ4v) is 2.52. The van der Waals surface area contributed by atoms with E-state index in [1.165, 1.54) is 0 Å². The van der Waals surface area contributed by atoms with Gasteiger partial charge in [0.2, 0.25) is 0 Å². The van der Waals surface area contributed by atoms with Crippen LogP contribution in [-0.4, -0.2) is 23.9 Å². The Balaban J connectivity index is 1.97. The van der Waals surface area contributed by atoms with Gasteiger partial charge in [0.05, 0.1) is 23.3 Å². The first-order valence-corrected chi connectivity index (χ1v) is 6.77. The quantitative estimate of drug-likeness (QED) is 0.912. The van der Waals surface area contributed by atoms with Crippen LogP contribution in [0.2, 0.25) is 0 Å². The third kappa shape index (κ3) is 2.29. The van der Waals surface area contributed by atoms with Gasteiger partial charge < -0.3 is 14.6 Å². The van der Waals surface area contributed by atoms with Crippen LogP contribution in [0.4, 0.5) is 0 Å². The van der Waals surface area contributed by atoms with Crippen molar-refractivity contribution < 1.29 is 14.6 Å². The van der Waals surface area contributed by atoms with Gasteiger partial charge in [0.25, 0.3) is 0 Å². The fourth-order valence-electron chi connectivity index (χ4n) is 2.09. The molecule has 3 rings (SSSR count). The molecule has 0 aromatic heterocycles. The van der Waals surface area contributed by atoms with E-state index in [0.717, 1.165) is 40.8 Å². The van der Waals surface area contributed by atoms with Crippen LogP contribution in [0.1, 0.15) is 24.8 Å². The van der Waals surface area contributed by atoms with Crippen LogP contribution < -0.4 is 9.47 Å². The summed E-state index contributed by atoms with van der Waals surface area (Å²) in [5.41, 5.74) is 0.544. The molecule has 0 spiro atoms. The van der Waals surface area contributed by atoms with Gasteiger partial charge in [0, 0.05) is 18.4 Å². The number of aliphatic hydroxyl groups is 1. The number of halogens is 1. The Morgan fingerprint density at radius 2 is 1.88 bits per heavy atom. The Bertz CT molecular complexity index is 441. The van der Waals surface area contributed by atoms with Crippen molar-refractivity contribution in [1.82, 2.24) is 0 Å². The second-order valence-electron chi connectivity index (χ2n) is 4.82. The largest absolute Gasteiger partial charge is 0.489 e. The Labute approximate surface area is 109 Å². The summed E-state index contributed by atoms with van der Waals surface area (Å²) in [4.78, 5) is 0. The van der Waals surface area contributed by atoms with E-state index in [1.807, 2.05) is 12.1 Å². The maximum absolute atomic E-state index is 10.0. The molecule has 1 N–H and O–H groups in total. The highest BCUT2D eigenvalue weighted by atomic mass is 79.9. The minimum Gasteiger partial charge on any atom is -0.489 e. The number of ether oxygens (including phenoxy) is 2. The molecule has 1 saturated carbocycles. The van der Waals surface area contributed by atoms with Crippen molar-refractivity contribution in [3.05, 3.63) is 22.2 Å². The lowest BCUT2D eigenvalue weighted by Crippen LogP contribution is -2.12. The molecule has 3 nitrogen and oxygen atoms in total. The first-order valence-electron chi connectivity index (χ1n) is 5.97. The van der Waals surface area contributed by atoms with Crippen LogP contribution in [0.25, 0.3) is 0 Å². The van der Waals surface area contributed by atoms with E-state index in [2.05, 4.69) is 15.9 Å². The molecule has 0 amide bonds. The van der Waals surface area contributed by atoms with Crippen LogP contribution in [0.5, 0.6) is 11.5 Å². The van der Waals surface area contributed by atoms with Gasteiger partial charge in [-0.1, -0.05) is 6.07 Å². The van der Waals surface area contributed by atoms with Gasteiger partial charge in [-0.25, -0.2) is 0 Å². The molecule has 4 heteroatoms. The number of hydrogen-bond acceptors (Lipinski definition) is 3. The zero-order chi connectivity index (χ0) is 11.9. The maximum atomic E-state index is 10.0. The lowest BCUT2D eigenvalue weighted by atomic mass is 10.0. The summed E-state index contributed by atoms with van der Waals surface area (Å²) >= 11 is 3.48. The highest BCUT2D eigenvalue weighted by Crippen LogP contribution is 2.45. The average molecular weight is 299 g/mol. The van der Waals surface area contributed by atoms with Crippen LogP contribution in [0.15, 0.2) is 16.6 Å². The van der Waals surface area contributed by atoms with E-state index in [4.69, 9.17) is 9.47 Å². The van der Waals surface area contributed by atoms with E-state index in [9.17, 15) is 5.11 Å². The molecular weight excluding hydrogens is 284 g/mol. The van der Waals surface area contributed by atoms with Gasteiger partial charge in [-0.2, -0.15) is 0 Å². The molecule has 0 unspecified atom stereocenters. The molecule has 1 aliphatic heterocycles. The smallest absolute Gasteiger partial charge is 0.175 e. The highest BCUT2D eigenvalue weighted by molar-refractivity contribution is 9.10. The van der Waals surface area contributed by atoms with Crippen LogP contribution in [-0.2, 0) is 6.42 Å². The normalized spacial score (nSPS) is 20.8. The molecule has 0 atom stereocenters. The predicted octanol–water partition coefficient (Wildman–Crippen LogP) is 2.68. The van der Waals surface area contributed by atoms with Gasteiger partial charge in [-0.15, -0.1) is 0 Å². The zero-order valence-electron chi connectivity index (χ0n) is 9.54. The molecule has 1 heterocycles. The van der Waals surface area contributed by atoms with Crippen molar-refractivity contribution in [3.63, 3.8) is 0 Å². The fraction of sp³-hybridized carbons (Fsp3) is 0.538. The third-order valence-electron chi connectivity index (χ3n) is 3.27.